The lowest BCUT2D eigenvalue weighted by Crippen LogP contribution is -2.15. The van der Waals surface area contributed by atoms with Crippen LogP contribution >= 0.6 is 34.7 Å². The molecule has 1 N–H and O–H groups in total. The number of nitrogens with one attached hydrogen (secondary N) is 1. The fraction of sp³-hybridized carbons (Fsp3) is 0.200. The van der Waals surface area contributed by atoms with Crippen LogP contribution in [0.3, 0.4) is 0 Å². The summed E-state index contributed by atoms with van der Waals surface area (Å²) in [5.41, 5.74) is 3.75. The number of thioether (sulfide) groups is 1. The highest BCUT2D eigenvalue weighted by atomic mass is 35.5. The fourth-order valence-corrected chi connectivity index (χ4v) is 4.95. The average Bonchev–Trinajstić information content (AvgIpc) is 3.47. The first-order chi connectivity index (χ1) is 16.9. The van der Waals surface area contributed by atoms with Gasteiger partial charge in [0.1, 0.15) is 12.4 Å². The van der Waals surface area contributed by atoms with Gasteiger partial charge in [0.05, 0.1) is 11.4 Å². The van der Waals surface area contributed by atoms with Gasteiger partial charge in [-0.25, -0.2) is 4.98 Å². The monoisotopic (exact) mass is 525 g/mol. The number of benzene rings is 2. The van der Waals surface area contributed by atoms with Gasteiger partial charge in [0.25, 0.3) is 0 Å². The third-order valence-electron chi connectivity index (χ3n) is 5.04. The van der Waals surface area contributed by atoms with Crippen LogP contribution in [-0.2, 0) is 17.9 Å². The Labute approximate surface area is 217 Å². The van der Waals surface area contributed by atoms with Crippen LogP contribution < -0.4 is 10.1 Å². The summed E-state index contributed by atoms with van der Waals surface area (Å²) in [6, 6.07) is 13.6. The van der Waals surface area contributed by atoms with E-state index in [4.69, 9.17) is 16.3 Å². The van der Waals surface area contributed by atoms with Crippen molar-refractivity contribution in [1.29, 1.82) is 0 Å². The number of aryl methyl sites for hydroxylation is 2. The number of nitrogens with zero attached hydrogens (tertiary/aromatic N) is 4. The highest BCUT2D eigenvalue weighted by molar-refractivity contribution is 7.99. The minimum Gasteiger partial charge on any atom is -0.486 e. The van der Waals surface area contributed by atoms with Gasteiger partial charge >= 0.3 is 0 Å². The maximum absolute atomic E-state index is 12.5. The Kier molecular flexibility index (Phi) is 8.22. The summed E-state index contributed by atoms with van der Waals surface area (Å²) >= 11 is 8.94. The predicted molar refractivity (Wildman–Crippen MR) is 142 cm³/mol. The van der Waals surface area contributed by atoms with Gasteiger partial charge in [-0.05, 0) is 37.1 Å². The number of hydrogen-bond acceptors (Lipinski definition) is 7. The van der Waals surface area contributed by atoms with Crippen molar-refractivity contribution < 1.29 is 9.53 Å². The predicted octanol–water partition coefficient (Wildman–Crippen LogP) is 6.17. The van der Waals surface area contributed by atoms with Gasteiger partial charge in [-0.15, -0.1) is 28.1 Å². The zero-order valence-electron chi connectivity index (χ0n) is 19.3. The zero-order chi connectivity index (χ0) is 24.8. The maximum atomic E-state index is 12.5. The molecule has 4 aromatic rings. The number of allylic oxidation sites excluding steroid dienone is 1. The summed E-state index contributed by atoms with van der Waals surface area (Å²) in [5, 5.41) is 15.2. The molecule has 35 heavy (non-hydrogen) atoms. The van der Waals surface area contributed by atoms with E-state index in [0.717, 1.165) is 27.4 Å². The van der Waals surface area contributed by atoms with E-state index in [-0.39, 0.29) is 18.3 Å². The van der Waals surface area contributed by atoms with E-state index >= 15 is 0 Å². The molecule has 2 heterocycles. The molecule has 2 aromatic heterocycles. The highest BCUT2D eigenvalue weighted by Crippen LogP contribution is 2.27. The third kappa shape index (κ3) is 6.30. The number of amides is 1. The fourth-order valence-electron chi connectivity index (χ4n) is 3.34. The molecule has 180 valence electrons. The van der Waals surface area contributed by atoms with Crippen LogP contribution in [0, 0.1) is 13.8 Å². The Balaban J connectivity index is 1.36. The lowest BCUT2D eigenvalue weighted by atomic mass is 10.1. The van der Waals surface area contributed by atoms with Gasteiger partial charge in [0.15, 0.2) is 16.1 Å². The number of halogens is 1. The van der Waals surface area contributed by atoms with Gasteiger partial charge in [0.2, 0.25) is 5.91 Å². The Morgan fingerprint density at radius 3 is 2.69 bits per heavy atom. The molecule has 0 aliphatic rings. The van der Waals surface area contributed by atoms with Crippen LogP contribution in [0.4, 0.5) is 5.13 Å². The molecule has 4 rings (SSSR count). The molecule has 0 saturated heterocycles. The second-order valence-electron chi connectivity index (χ2n) is 7.70. The molecule has 2 aromatic carbocycles. The third-order valence-corrected chi connectivity index (χ3v) is 7.36. The van der Waals surface area contributed by atoms with Gasteiger partial charge in [-0.1, -0.05) is 59.8 Å². The van der Waals surface area contributed by atoms with E-state index in [1.165, 1.54) is 23.1 Å². The van der Waals surface area contributed by atoms with Crippen molar-refractivity contribution in [2.24, 2.45) is 0 Å². The summed E-state index contributed by atoms with van der Waals surface area (Å²) in [4.78, 5) is 17.0. The molecular weight excluding hydrogens is 502 g/mol. The van der Waals surface area contributed by atoms with Crippen LogP contribution in [0.15, 0.2) is 65.7 Å². The Morgan fingerprint density at radius 2 is 1.97 bits per heavy atom. The van der Waals surface area contributed by atoms with Crippen LogP contribution in [0.25, 0.3) is 11.3 Å². The molecule has 0 spiro atoms. The molecule has 0 fully saturated rings. The standard InChI is InChI=1S/C25H24ClN5O2S2/c1-4-10-31-21(13-33-19-11-16(2)23(26)17(3)12-19)29-30-25(31)35-15-22(32)28-24-27-20(14-34-24)18-8-6-5-7-9-18/h4-9,11-12,14H,1,10,13,15H2,2-3H3,(H,27,28,32). The summed E-state index contributed by atoms with van der Waals surface area (Å²) in [5.74, 6) is 1.36. The number of aromatic nitrogens is 4. The van der Waals surface area contributed by atoms with E-state index < -0.39 is 0 Å². The van der Waals surface area contributed by atoms with Crippen molar-refractivity contribution >= 4 is 45.7 Å². The average molecular weight is 526 g/mol. The summed E-state index contributed by atoms with van der Waals surface area (Å²) < 4.78 is 7.83. The maximum Gasteiger partial charge on any atom is 0.236 e. The number of thiazole rings is 1. The van der Waals surface area contributed by atoms with Crippen molar-refractivity contribution in [1.82, 2.24) is 19.7 Å². The number of rotatable bonds is 10. The van der Waals surface area contributed by atoms with Crippen molar-refractivity contribution in [2.45, 2.75) is 32.2 Å². The summed E-state index contributed by atoms with van der Waals surface area (Å²) in [6.07, 6.45) is 1.76. The minimum atomic E-state index is -0.165. The molecule has 0 unspecified atom stereocenters. The smallest absolute Gasteiger partial charge is 0.236 e. The van der Waals surface area contributed by atoms with E-state index in [9.17, 15) is 4.79 Å². The number of hydrogen-bond donors (Lipinski definition) is 1. The highest BCUT2D eigenvalue weighted by Gasteiger charge is 2.15. The SMILES string of the molecule is C=CCn1c(COc2cc(C)c(Cl)c(C)c2)nnc1SCC(=O)Nc1nc(-c2ccccc2)cs1. The van der Waals surface area contributed by atoms with Crippen molar-refractivity contribution in [2.75, 3.05) is 11.1 Å². The molecule has 0 aliphatic heterocycles. The van der Waals surface area contributed by atoms with Gasteiger partial charge in [-0.3, -0.25) is 9.36 Å². The first-order valence-corrected chi connectivity index (χ1v) is 13.0. The number of carbonyl (C=O) groups is 1. The second-order valence-corrected chi connectivity index (χ2v) is 9.88. The van der Waals surface area contributed by atoms with Crippen molar-refractivity contribution in [3.05, 3.63) is 82.5 Å². The molecular formula is C25H24ClN5O2S2. The Bertz CT molecular complexity index is 1310. The molecule has 7 nitrogen and oxygen atoms in total. The number of anilines is 1. The van der Waals surface area contributed by atoms with Crippen LogP contribution in [0.5, 0.6) is 5.75 Å². The van der Waals surface area contributed by atoms with Gasteiger partial charge < -0.3 is 10.1 Å². The van der Waals surface area contributed by atoms with E-state index in [0.29, 0.717) is 28.4 Å². The zero-order valence-corrected chi connectivity index (χ0v) is 21.7. The Morgan fingerprint density at radius 1 is 1.23 bits per heavy atom. The summed E-state index contributed by atoms with van der Waals surface area (Å²) in [6.45, 7) is 8.43. The van der Waals surface area contributed by atoms with Crippen LogP contribution in [-0.4, -0.2) is 31.4 Å². The molecule has 0 radical (unpaired) electrons. The second kappa shape index (κ2) is 11.5. The van der Waals surface area contributed by atoms with Crippen LogP contribution in [0.1, 0.15) is 17.0 Å². The van der Waals surface area contributed by atoms with E-state index in [1.54, 1.807) is 6.08 Å². The number of carbonyl (C=O) groups excluding carboxylic acids is 1. The molecule has 1 amide bonds. The van der Waals surface area contributed by atoms with E-state index in [1.807, 2.05) is 66.3 Å². The molecule has 0 aliphatic carbocycles. The minimum absolute atomic E-state index is 0.165. The number of ether oxygens (including phenoxy) is 1. The summed E-state index contributed by atoms with van der Waals surface area (Å²) in [7, 11) is 0. The Hall–Kier alpha value is -3.14. The van der Waals surface area contributed by atoms with E-state index in [2.05, 4.69) is 27.1 Å². The lowest BCUT2D eigenvalue weighted by molar-refractivity contribution is -0.113. The van der Waals surface area contributed by atoms with Gasteiger partial charge in [0, 0.05) is 22.5 Å². The molecule has 0 saturated carbocycles. The van der Waals surface area contributed by atoms with Crippen molar-refractivity contribution in [3.63, 3.8) is 0 Å². The molecule has 0 atom stereocenters. The first kappa shape index (κ1) is 25.0. The first-order valence-electron chi connectivity index (χ1n) is 10.8. The van der Waals surface area contributed by atoms with Gasteiger partial charge in [-0.2, -0.15) is 0 Å². The normalized spacial score (nSPS) is 10.8. The largest absolute Gasteiger partial charge is 0.486 e. The topological polar surface area (TPSA) is 81.9 Å². The molecule has 10 heteroatoms. The van der Waals surface area contributed by atoms with Crippen LogP contribution in [0.2, 0.25) is 5.02 Å². The molecule has 0 bridgehead atoms. The lowest BCUT2D eigenvalue weighted by Gasteiger charge is -2.11. The quantitative estimate of drug-likeness (QED) is 0.197. The van der Waals surface area contributed by atoms with Crippen molar-refractivity contribution in [3.8, 4) is 17.0 Å².